The Morgan fingerprint density at radius 1 is 1.07 bits per heavy atom. The highest BCUT2D eigenvalue weighted by Crippen LogP contribution is 2.38. The predicted molar refractivity (Wildman–Crippen MR) is 159 cm³/mol. The van der Waals surface area contributed by atoms with Crippen LogP contribution in [0.4, 0.5) is 15.6 Å². The van der Waals surface area contributed by atoms with E-state index in [1.165, 1.54) is 23.3 Å². The Kier molecular flexibility index (Phi) is 10.4. The number of amides is 2. The lowest BCUT2D eigenvalue weighted by molar-refractivity contribution is -0.384. The normalized spacial score (nSPS) is 11.7. The summed E-state index contributed by atoms with van der Waals surface area (Å²) in [7, 11) is 0. The fourth-order valence-electron chi connectivity index (χ4n) is 3.95. The summed E-state index contributed by atoms with van der Waals surface area (Å²) in [5, 5.41) is 14.2. The number of hydrogen-bond donors (Lipinski definition) is 3. The molecule has 3 N–H and O–H groups in total. The fourth-order valence-corrected chi connectivity index (χ4v) is 4.49. The van der Waals surface area contributed by atoms with Crippen LogP contribution in [-0.2, 0) is 17.3 Å². The van der Waals surface area contributed by atoms with Gasteiger partial charge in [0.25, 0.3) is 5.69 Å². The van der Waals surface area contributed by atoms with Crippen LogP contribution < -0.4 is 20.9 Å². The van der Waals surface area contributed by atoms with Crippen molar-refractivity contribution in [1.29, 1.82) is 0 Å². The van der Waals surface area contributed by atoms with Crippen molar-refractivity contribution < 1.29 is 14.5 Å². The van der Waals surface area contributed by atoms with Crippen LogP contribution in [0.5, 0.6) is 5.75 Å². The number of anilines is 1. The molecule has 2 amide bonds. The van der Waals surface area contributed by atoms with Gasteiger partial charge in [-0.1, -0.05) is 65.8 Å². The molecule has 0 aliphatic carbocycles. The van der Waals surface area contributed by atoms with Crippen LogP contribution in [0.1, 0.15) is 83.3 Å². The minimum Gasteiger partial charge on any atom is -0.493 e. The van der Waals surface area contributed by atoms with Crippen LogP contribution in [0.25, 0.3) is 0 Å². The molecule has 40 heavy (non-hydrogen) atoms. The Hall–Kier alpha value is -3.73. The molecular formula is C29H40N6O4S. The topological polar surface area (TPSA) is 131 Å². The molecule has 3 rings (SSSR count). The maximum Gasteiger partial charge on any atom is 0.333 e. The number of non-ortho nitro benzene ring substituents is 1. The number of carbonyl (C=O) groups is 1. The van der Waals surface area contributed by atoms with Gasteiger partial charge in [0, 0.05) is 42.2 Å². The molecule has 0 atom stereocenters. The third-order valence-electron chi connectivity index (χ3n) is 7.36. The third-order valence-corrected chi connectivity index (χ3v) is 8.03. The van der Waals surface area contributed by atoms with Crippen molar-refractivity contribution in [2.45, 2.75) is 78.1 Å². The maximum atomic E-state index is 12.2. The summed E-state index contributed by atoms with van der Waals surface area (Å²) < 4.78 is 10.4. The van der Waals surface area contributed by atoms with Gasteiger partial charge < -0.3 is 10.1 Å². The molecule has 1 heterocycles. The number of nitrogens with zero attached hydrogens (tertiary/aromatic N) is 3. The van der Waals surface area contributed by atoms with Crippen LogP contribution in [-0.4, -0.2) is 33.5 Å². The number of nitrogens with one attached hydrogen (secondary N) is 3. The molecule has 0 saturated carbocycles. The van der Waals surface area contributed by atoms with Crippen LogP contribution in [0.15, 0.2) is 42.5 Å². The quantitative estimate of drug-likeness (QED) is 0.115. The molecule has 10 nitrogen and oxygen atoms in total. The first-order valence-electron chi connectivity index (χ1n) is 13.6. The van der Waals surface area contributed by atoms with E-state index in [0.717, 1.165) is 35.7 Å². The van der Waals surface area contributed by atoms with E-state index in [4.69, 9.17) is 4.74 Å². The van der Waals surface area contributed by atoms with Crippen molar-refractivity contribution in [3.05, 3.63) is 75.1 Å². The number of carbonyl (C=O) groups excluding carboxylic acids is 1. The summed E-state index contributed by atoms with van der Waals surface area (Å²) in [6.07, 6.45) is 3.05. The number of aromatic nitrogens is 2. The van der Waals surface area contributed by atoms with Gasteiger partial charge in [-0.05, 0) is 47.3 Å². The molecule has 2 aromatic carbocycles. The van der Waals surface area contributed by atoms with E-state index < -0.39 is 11.0 Å². The molecule has 0 bridgehead atoms. The highest BCUT2D eigenvalue weighted by molar-refractivity contribution is 7.09. The van der Waals surface area contributed by atoms with Gasteiger partial charge in [0.05, 0.1) is 11.5 Å². The molecule has 0 unspecified atom stereocenters. The molecule has 216 valence electrons. The van der Waals surface area contributed by atoms with Gasteiger partial charge in [0.2, 0.25) is 5.13 Å². The van der Waals surface area contributed by atoms with Crippen LogP contribution in [0.3, 0.4) is 0 Å². The number of urea groups is 1. The highest BCUT2D eigenvalue weighted by Gasteiger charge is 2.26. The molecule has 11 heteroatoms. The van der Waals surface area contributed by atoms with Crippen molar-refractivity contribution in [2.75, 3.05) is 18.6 Å². The summed E-state index contributed by atoms with van der Waals surface area (Å²) in [6, 6.07) is 12.5. The average molecular weight is 569 g/mol. The first-order valence-corrected chi connectivity index (χ1v) is 14.4. The fraction of sp³-hybridized carbons (Fsp3) is 0.483. The van der Waals surface area contributed by atoms with Gasteiger partial charge >= 0.3 is 6.03 Å². The second kappa shape index (κ2) is 13.6. The van der Waals surface area contributed by atoms with Gasteiger partial charge in [0.1, 0.15) is 11.6 Å². The lowest BCUT2D eigenvalue weighted by Gasteiger charge is -2.30. The van der Waals surface area contributed by atoms with E-state index in [9.17, 15) is 14.9 Å². The Morgan fingerprint density at radius 3 is 2.52 bits per heavy atom. The van der Waals surface area contributed by atoms with Gasteiger partial charge in [-0.2, -0.15) is 4.37 Å². The number of nitro benzene ring substituents is 1. The Balaban J connectivity index is 1.44. The molecule has 3 aromatic rings. The van der Waals surface area contributed by atoms with Gasteiger partial charge in [-0.3, -0.25) is 15.5 Å². The molecule has 0 spiro atoms. The van der Waals surface area contributed by atoms with Crippen molar-refractivity contribution in [3.63, 3.8) is 0 Å². The van der Waals surface area contributed by atoms with E-state index in [1.54, 1.807) is 12.1 Å². The second-order valence-electron chi connectivity index (χ2n) is 11.0. The van der Waals surface area contributed by atoms with Crippen LogP contribution in [0, 0.1) is 10.1 Å². The zero-order valence-corrected chi connectivity index (χ0v) is 25.0. The van der Waals surface area contributed by atoms with E-state index >= 15 is 0 Å². The number of hydrazine groups is 1. The first kappa shape index (κ1) is 30.8. The van der Waals surface area contributed by atoms with E-state index in [1.807, 2.05) is 0 Å². The Bertz CT molecular complexity index is 1310. The zero-order valence-electron chi connectivity index (χ0n) is 24.2. The number of benzene rings is 2. The van der Waals surface area contributed by atoms with Crippen molar-refractivity contribution in [2.24, 2.45) is 0 Å². The number of ether oxygens (including phenoxy) is 1. The molecule has 0 aliphatic rings. The molecule has 1 aromatic heterocycles. The Labute approximate surface area is 240 Å². The predicted octanol–water partition coefficient (Wildman–Crippen LogP) is 6.51. The van der Waals surface area contributed by atoms with Crippen LogP contribution >= 0.6 is 11.5 Å². The summed E-state index contributed by atoms with van der Waals surface area (Å²) in [5.74, 6) is 1.40. The summed E-state index contributed by atoms with van der Waals surface area (Å²) in [4.78, 5) is 27.0. The molecule has 0 saturated heterocycles. The molecule has 0 aliphatic heterocycles. The highest BCUT2D eigenvalue weighted by atomic mass is 32.1. The smallest absolute Gasteiger partial charge is 0.333 e. The molecular weight excluding hydrogens is 528 g/mol. The van der Waals surface area contributed by atoms with E-state index in [0.29, 0.717) is 36.9 Å². The monoisotopic (exact) mass is 568 g/mol. The van der Waals surface area contributed by atoms with E-state index in [2.05, 4.69) is 85.3 Å². The van der Waals surface area contributed by atoms with Crippen molar-refractivity contribution in [3.8, 4) is 5.75 Å². The first-order chi connectivity index (χ1) is 18.9. The maximum absolute atomic E-state index is 12.2. The zero-order chi connectivity index (χ0) is 29.3. The van der Waals surface area contributed by atoms with Crippen molar-refractivity contribution in [1.82, 2.24) is 20.1 Å². The average Bonchev–Trinajstić information content (AvgIpc) is 3.38. The lowest BCUT2D eigenvalue weighted by Crippen LogP contribution is -2.39. The Morgan fingerprint density at radius 2 is 1.82 bits per heavy atom. The largest absolute Gasteiger partial charge is 0.493 e. The summed E-state index contributed by atoms with van der Waals surface area (Å²) >= 11 is 1.09. The van der Waals surface area contributed by atoms with Gasteiger partial charge in [-0.15, -0.1) is 0 Å². The second-order valence-corrected chi connectivity index (χ2v) is 11.8. The number of hydrogen-bond acceptors (Lipinski definition) is 8. The lowest BCUT2D eigenvalue weighted by atomic mass is 9.76. The number of rotatable bonds is 14. The number of nitro groups is 1. The minimum atomic E-state index is -0.435. The third kappa shape index (κ3) is 8.38. The minimum absolute atomic E-state index is 0.0113. The van der Waals surface area contributed by atoms with Gasteiger partial charge in [0.15, 0.2) is 0 Å². The standard InChI is InChI=1S/C29H40N6O4S/c1-7-28(3,4)21-13-14-24(23(19-21)29(5,6)8-2)39-16-10-15-30-26(36)32-33-27-31-25(34-40-27)18-20-11-9-12-22(17-20)35(37)38/h9,11-14,17,19H,7-8,10,15-16,18H2,1-6H3,(H2,30,32,36)(H,31,33,34). The van der Waals surface area contributed by atoms with Crippen LogP contribution in [0.2, 0.25) is 0 Å². The summed E-state index contributed by atoms with van der Waals surface area (Å²) in [5.41, 5.74) is 8.67. The molecule has 0 fully saturated rings. The van der Waals surface area contributed by atoms with Crippen molar-refractivity contribution >= 4 is 28.4 Å². The SMILES string of the molecule is CCC(C)(C)c1ccc(OCCCNC(=O)NNc2nc(Cc3cccc([N+](=O)[O-])c3)ns2)c(C(C)(C)CC)c1. The van der Waals surface area contributed by atoms with E-state index in [-0.39, 0.29) is 16.5 Å². The summed E-state index contributed by atoms with van der Waals surface area (Å²) in [6.45, 7) is 14.3. The molecule has 0 radical (unpaired) electrons. The van der Waals surface area contributed by atoms with Gasteiger partial charge in [-0.25, -0.2) is 15.2 Å².